The monoisotopic (exact) mass is 330 g/mol. The lowest BCUT2D eigenvalue weighted by molar-refractivity contribution is -0.132. The lowest BCUT2D eigenvalue weighted by Gasteiger charge is -2.30. The molecule has 0 saturated carbocycles. The van der Waals surface area contributed by atoms with Crippen LogP contribution in [0.15, 0.2) is 29.6 Å². The Hall–Kier alpha value is -2.01. The van der Waals surface area contributed by atoms with Crippen LogP contribution in [0, 0.1) is 6.92 Å². The first-order valence-electron chi connectivity index (χ1n) is 7.83. The van der Waals surface area contributed by atoms with Crippen LogP contribution in [0.25, 0.3) is 0 Å². The fourth-order valence-corrected chi connectivity index (χ4v) is 3.83. The van der Waals surface area contributed by atoms with Crippen molar-refractivity contribution in [1.82, 2.24) is 4.90 Å². The highest BCUT2D eigenvalue weighted by Crippen LogP contribution is 2.27. The van der Waals surface area contributed by atoms with Gasteiger partial charge in [-0.1, -0.05) is 6.07 Å². The molecule has 0 fully saturated rings. The Labute approximate surface area is 141 Å². The number of hydrogen-bond donors (Lipinski definition) is 1. The average molecular weight is 330 g/mol. The summed E-state index contributed by atoms with van der Waals surface area (Å²) in [6.45, 7) is 5.45. The normalized spacial score (nSPS) is 15.0. The Bertz CT molecular complexity index is 711. The third kappa shape index (κ3) is 3.34. The van der Waals surface area contributed by atoms with E-state index >= 15 is 0 Å². The summed E-state index contributed by atoms with van der Waals surface area (Å²) in [5, 5.41) is 5.41. The van der Waals surface area contributed by atoms with Crippen molar-refractivity contribution >= 4 is 22.9 Å². The average Bonchev–Trinajstić information content (AvgIpc) is 3.01. The molecule has 1 aromatic heterocycles. The van der Waals surface area contributed by atoms with Gasteiger partial charge in [0.05, 0.1) is 12.8 Å². The molecule has 1 amide bonds. The molecule has 0 aliphatic carbocycles. The first kappa shape index (κ1) is 15.9. The summed E-state index contributed by atoms with van der Waals surface area (Å²) in [4.78, 5) is 16.1. The van der Waals surface area contributed by atoms with Crippen molar-refractivity contribution in [3.8, 4) is 5.75 Å². The number of methoxy groups -OCH3 is 1. The van der Waals surface area contributed by atoms with E-state index in [1.165, 1.54) is 10.4 Å². The first-order valence-corrected chi connectivity index (χ1v) is 8.71. The van der Waals surface area contributed by atoms with E-state index in [4.69, 9.17) is 4.74 Å². The van der Waals surface area contributed by atoms with Gasteiger partial charge >= 0.3 is 0 Å². The van der Waals surface area contributed by atoms with Crippen LogP contribution < -0.4 is 10.1 Å². The van der Waals surface area contributed by atoms with Gasteiger partial charge < -0.3 is 15.0 Å². The number of hydrogen-bond acceptors (Lipinski definition) is 4. The maximum atomic E-state index is 12.7. The van der Waals surface area contributed by atoms with Crippen LogP contribution in [-0.4, -0.2) is 30.5 Å². The second kappa shape index (κ2) is 6.62. The number of carbonyl (C=O) groups is 1. The minimum atomic E-state index is -0.286. The maximum absolute atomic E-state index is 12.7. The van der Waals surface area contributed by atoms with E-state index in [0.717, 1.165) is 30.0 Å². The molecular weight excluding hydrogens is 308 g/mol. The number of ether oxygens (including phenoxy) is 1. The number of amides is 1. The SMILES string of the molecule is COc1ccc(C)cc1NC(C)C(=O)N1CCc2sccc2C1. The van der Waals surface area contributed by atoms with E-state index in [9.17, 15) is 4.79 Å². The van der Waals surface area contributed by atoms with Crippen molar-refractivity contribution in [2.75, 3.05) is 19.0 Å². The fourth-order valence-electron chi connectivity index (χ4n) is 2.94. The predicted octanol–water partition coefficient (Wildman–Crippen LogP) is 3.45. The van der Waals surface area contributed by atoms with Crippen LogP contribution in [0.3, 0.4) is 0 Å². The maximum Gasteiger partial charge on any atom is 0.245 e. The molecule has 2 aromatic rings. The zero-order valence-corrected chi connectivity index (χ0v) is 14.6. The van der Waals surface area contributed by atoms with E-state index in [1.54, 1.807) is 18.4 Å². The van der Waals surface area contributed by atoms with Gasteiger partial charge in [0.1, 0.15) is 11.8 Å². The lowest BCUT2D eigenvalue weighted by atomic mass is 10.1. The summed E-state index contributed by atoms with van der Waals surface area (Å²) >= 11 is 1.79. The van der Waals surface area contributed by atoms with Crippen LogP contribution in [0.5, 0.6) is 5.75 Å². The third-order valence-electron chi connectivity index (χ3n) is 4.22. The van der Waals surface area contributed by atoms with Gasteiger partial charge in [-0.05, 0) is 55.0 Å². The molecule has 0 bridgehead atoms. The zero-order chi connectivity index (χ0) is 16.4. The molecule has 4 nitrogen and oxygen atoms in total. The standard InChI is InChI=1S/C18H22N2O2S/c1-12-4-5-16(22-3)15(10-12)19-13(2)18(21)20-8-6-17-14(11-20)7-9-23-17/h4-5,7,9-10,13,19H,6,8,11H2,1-3H3. The van der Waals surface area contributed by atoms with Crippen molar-refractivity contribution in [3.05, 3.63) is 45.6 Å². The summed E-state index contributed by atoms with van der Waals surface area (Å²) in [6.07, 6.45) is 0.958. The second-order valence-electron chi connectivity index (χ2n) is 5.95. The molecule has 23 heavy (non-hydrogen) atoms. The minimum absolute atomic E-state index is 0.130. The quantitative estimate of drug-likeness (QED) is 0.933. The molecule has 122 valence electrons. The molecule has 3 rings (SSSR count). The minimum Gasteiger partial charge on any atom is -0.495 e. The highest BCUT2D eigenvalue weighted by Gasteiger charge is 2.25. The highest BCUT2D eigenvalue weighted by molar-refractivity contribution is 7.10. The molecule has 5 heteroatoms. The number of rotatable bonds is 4. The molecule has 1 aliphatic rings. The number of carbonyl (C=O) groups excluding carboxylic acids is 1. The molecule has 1 N–H and O–H groups in total. The van der Waals surface area contributed by atoms with Crippen molar-refractivity contribution in [3.63, 3.8) is 0 Å². The van der Waals surface area contributed by atoms with Crippen molar-refractivity contribution in [2.24, 2.45) is 0 Å². The van der Waals surface area contributed by atoms with Gasteiger partial charge in [-0.2, -0.15) is 0 Å². The number of nitrogens with one attached hydrogen (secondary N) is 1. The number of fused-ring (bicyclic) bond motifs is 1. The van der Waals surface area contributed by atoms with Crippen molar-refractivity contribution < 1.29 is 9.53 Å². The number of benzene rings is 1. The van der Waals surface area contributed by atoms with Gasteiger partial charge in [-0.15, -0.1) is 11.3 Å². The molecule has 0 radical (unpaired) electrons. The Morgan fingerprint density at radius 3 is 3.00 bits per heavy atom. The number of aryl methyl sites for hydroxylation is 1. The van der Waals surface area contributed by atoms with Gasteiger partial charge in [-0.25, -0.2) is 0 Å². The summed E-state index contributed by atoms with van der Waals surface area (Å²) < 4.78 is 5.38. The van der Waals surface area contributed by atoms with Crippen LogP contribution in [0.1, 0.15) is 22.9 Å². The summed E-state index contributed by atoms with van der Waals surface area (Å²) in [5.74, 6) is 0.888. The second-order valence-corrected chi connectivity index (χ2v) is 6.95. The zero-order valence-electron chi connectivity index (χ0n) is 13.8. The smallest absolute Gasteiger partial charge is 0.245 e. The van der Waals surface area contributed by atoms with E-state index in [2.05, 4.69) is 16.8 Å². The Balaban J connectivity index is 1.70. The predicted molar refractivity (Wildman–Crippen MR) is 94.3 cm³/mol. The van der Waals surface area contributed by atoms with Crippen LogP contribution in [0.4, 0.5) is 5.69 Å². The van der Waals surface area contributed by atoms with Crippen LogP contribution >= 0.6 is 11.3 Å². The molecule has 1 atom stereocenters. The largest absolute Gasteiger partial charge is 0.495 e. The van der Waals surface area contributed by atoms with Gasteiger partial charge in [0, 0.05) is 18.0 Å². The fraction of sp³-hybridized carbons (Fsp3) is 0.389. The Morgan fingerprint density at radius 2 is 2.22 bits per heavy atom. The molecule has 1 aromatic carbocycles. The summed E-state index contributed by atoms with van der Waals surface area (Å²) in [6, 6.07) is 7.77. The number of nitrogens with zero attached hydrogens (tertiary/aromatic N) is 1. The van der Waals surface area contributed by atoms with Gasteiger partial charge in [0.15, 0.2) is 0 Å². The lowest BCUT2D eigenvalue weighted by Crippen LogP contribution is -2.43. The number of anilines is 1. The third-order valence-corrected chi connectivity index (χ3v) is 5.24. The Kier molecular flexibility index (Phi) is 4.57. The van der Waals surface area contributed by atoms with E-state index in [-0.39, 0.29) is 11.9 Å². The molecular formula is C18H22N2O2S. The van der Waals surface area contributed by atoms with Crippen LogP contribution in [-0.2, 0) is 17.8 Å². The van der Waals surface area contributed by atoms with E-state index in [0.29, 0.717) is 6.54 Å². The summed E-state index contributed by atoms with van der Waals surface area (Å²) in [7, 11) is 1.64. The van der Waals surface area contributed by atoms with Gasteiger partial charge in [0.25, 0.3) is 0 Å². The van der Waals surface area contributed by atoms with E-state index < -0.39 is 0 Å². The van der Waals surface area contributed by atoms with Gasteiger partial charge in [0.2, 0.25) is 5.91 Å². The molecule has 2 heterocycles. The molecule has 1 unspecified atom stereocenters. The molecule has 1 aliphatic heterocycles. The molecule has 0 spiro atoms. The number of thiophene rings is 1. The van der Waals surface area contributed by atoms with Crippen molar-refractivity contribution in [2.45, 2.75) is 32.9 Å². The summed E-state index contributed by atoms with van der Waals surface area (Å²) in [5.41, 5.74) is 3.28. The first-order chi connectivity index (χ1) is 11.1. The topological polar surface area (TPSA) is 41.6 Å². The highest BCUT2D eigenvalue weighted by atomic mass is 32.1. The Morgan fingerprint density at radius 1 is 1.39 bits per heavy atom. The van der Waals surface area contributed by atoms with E-state index in [1.807, 2.05) is 36.9 Å². The van der Waals surface area contributed by atoms with Crippen molar-refractivity contribution in [1.29, 1.82) is 0 Å². The molecule has 0 saturated heterocycles. The van der Waals surface area contributed by atoms with Crippen LogP contribution in [0.2, 0.25) is 0 Å². The van der Waals surface area contributed by atoms with Gasteiger partial charge in [-0.3, -0.25) is 4.79 Å².